The lowest BCUT2D eigenvalue weighted by Crippen LogP contribution is -2.28. The van der Waals surface area contributed by atoms with E-state index in [0.29, 0.717) is 5.92 Å². The summed E-state index contributed by atoms with van der Waals surface area (Å²) in [6.45, 7) is 11.5. The Kier molecular flexibility index (Phi) is 4.11. The fraction of sp³-hybridized carbons (Fsp3) is 0.500. The van der Waals surface area contributed by atoms with Crippen molar-refractivity contribution in [3.63, 3.8) is 0 Å². The van der Waals surface area contributed by atoms with Gasteiger partial charge in [-0.25, -0.2) is 4.98 Å². The molecule has 2 heterocycles. The SMILES string of the molecule is C=C(C)Cn1c(C2CCNCC2)nc2cc(CC)ccc21. The molecule has 3 nitrogen and oxygen atoms in total. The van der Waals surface area contributed by atoms with E-state index in [9.17, 15) is 0 Å². The average Bonchev–Trinajstić information content (AvgIpc) is 2.85. The summed E-state index contributed by atoms with van der Waals surface area (Å²) in [5, 5.41) is 3.44. The molecule has 3 heteroatoms. The molecule has 1 fully saturated rings. The zero-order valence-corrected chi connectivity index (χ0v) is 13.2. The van der Waals surface area contributed by atoms with Crippen molar-refractivity contribution < 1.29 is 0 Å². The van der Waals surface area contributed by atoms with Crippen LogP contribution in [-0.2, 0) is 13.0 Å². The number of allylic oxidation sites excluding steroid dienone is 1. The van der Waals surface area contributed by atoms with E-state index in [1.165, 1.54) is 35.3 Å². The van der Waals surface area contributed by atoms with Crippen LogP contribution >= 0.6 is 0 Å². The number of hydrogen-bond donors (Lipinski definition) is 1. The third-order valence-electron chi connectivity index (χ3n) is 4.38. The number of hydrogen-bond acceptors (Lipinski definition) is 2. The van der Waals surface area contributed by atoms with E-state index < -0.39 is 0 Å². The summed E-state index contributed by atoms with van der Waals surface area (Å²) >= 11 is 0. The van der Waals surface area contributed by atoms with E-state index in [-0.39, 0.29) is 0 Å². The van der Waals surface area contributed by atoms with Crippen LogP contribution in [-0.4, -0.2) is 22.6 Å². The number of nitrogens with zero attached hydrogens (tertiary/aromatic N) is 2. The molecule has 1 aromatic carbocycles. The fourth-order valence-corrected chi connectivity index (χ4v) is 3.24. The van der Waals surface area contributed by atoms with Crippen molar-refractivity contribution in [2.75, 3.05) is 13.1 Å². The van der Waals surface area contributed by atoms with Gasteiger partial charge in [0.05, 0.1) is 11.0 Å². The third kappa shape index (κ3) is 2.88. The summed E-state index contributed by atoms with van der Waals surface area (Å²) in [4.78, 5) is 4.99. The molecule has 0 unspecified atom stereocenters. The highest BCUT2D eigenvalue weighted by Gasteiger charge is 2.22. The third-order valence-corrected chi connectivity index (χ3v) is 4.38. The summed E-state index contributed by atoms with van der Waals surface area (Å²) < 4.78 is 2.38. The second kappa shape index (κ2) is 6.02. The molecule has 0 radical (unpaired) electrons. The van der Waals surface area contributed by atoms with Crippen LogP contribution < -0.4 is 5.32 Å². The van der Waals surface area contributed by atoms with Crippen LogP contribution in [0.1, 0.15) is 44.0 Å². The van der Waals surface area contributed by atoms with E-state index >= 15 is 0 Å². The predicted molar refractivity (Wildman–Crippen MR) is 88.8 cm³/mol. The summed E-state index contributed by atoms with van der Waals surface area (Å²) in [6.07, 6.45) is 3.42. The maximum absolute atomic E-state index is 4.99. The van der Waals surface area contributed by atoms with Crippen molar-refractivity contribution in [1.82, 2.24) is 14.9 Å². The van der Waals surface area contributed by atoms with Crippen LogP contribution in [0.15, 0.2) is 30.4 Å². The van der Waals surface area contributed by atoms with Gasteiger partial charge in [-0.05, 0) is 57.0 Å². The summed E-state index contributed by atoms with van der Waals surface area (Å²) in [7, 11) is 0. The van der Waals surface area contributed by atoms with Gasteiger partial charge in [0.25, 0.3) is 0 Å². The molecule has 1 aliphatic rings. The Bertz CT molecular complexity index is 648. The maximum atomic E-state index is 4.99. The Morgan fingerprint density at radius 3 is 2.81 bits per heavy atom. The Balaban J connectivity index is 2.09. The number of piperidine rings is 1. The molecule has 1 N–H and O–H groups in total. The van der Waals surface area contributed by atoms with E-state index in [4.69, 9.17) is 4.98 Å². The van der Waals surface area contributed by atoms with Crippen molar-refractivity contribution >= 4 is 11.0 Å². The molecular weight excluding hydrogens is 258 g/mol. The van der Waals surface area contributed by atoms with Crippen LogP contribution in [0, 0.1) is 0 Å². The zero-order chi connectivity index (χ0) is 14.8. The first-order chi connectivity index (χ1) is 10.2. The van der Waals surface area contributed by atoms with Crippen LogP contribution in [0.2, 0.25) is 0 Å². The highest BCUT2D eigenvalue weighted by Crippen LogP contribution is 2.29. The molecule has 0 bridgehead atoms. The van der Waals surface area contributed by atoms with Gasteiger partial charge in [0, 0.05) is 12.5 Å². The molecule has 0 atom stereocenters. The van der Waals surface area contributed by atoms with Crippen LogP contribution in [0.25, 0.3) is 11.0 Å². The first-order valence-corrected chi connectivity index (χ1v) is 8.03. The minimum atomic E-state index is 0.572. The molecule has 2 aromatic rings. The van der Waals surface area contributed by atoms with E-state index in [1.807, 2.05) is 0 Å². The Labute approximate surface area is 127 Å². The monoisotopic (exact) mass is 283 g/mol. The Morgan fingerprint density at radius 1 is 1.38 bits per heavy atom. The lowest BCUT2D eigenvalue weighted by molar-refractivity contribution is 0.435. The molecule has 21 heavy (non-hydrogen) atoms. The number of benzene rings is 1. The topological polar surface area (TPSA) is 29.9 Å². The molecule has 1 saturated heterocycles. The molecule has 0 aliphatic carbocycles. The van der Waals surface area contributed by atoms with Crippen LogP contribution in [0.5, 0.6) is 0 Å². The average molecular weight is 283 g/mol. The van der Waals surface area contributed by atoms with Gasteiger partial charge < -0.3 is 9.88 Å². The fourth-order valence-electron chi connectivity index (χ4n) is 3.24. The Morgan fingerprint density at radius 2 is 2.14 bits per heavy atom. The molecule has 0 amide bonds. The molecule has 1 aliphatic heterocycles. The van der Waals surface area contributed by atoms with Gasteiger partial charge >= 0.3 is 0 Å². The van der Waals surface area contributed by atoms with Crippen molar-refractivity contribution in [1.29, 1.82) is 0 Å². The predicted octanol–water partition coefficient (Wildman–Crippen LogP) is 3.64. The molecule has 0 saturated carbocycles. The highest BCUT2D eigenvalue weighted by atomic mass is 15.1. The summed E-state index contributed by atoms with van der Waals surface area (Å²) in [5.74, 6) is 1.82. The minimum Gasteiger partial charge on any atom is -0.324 e. The second-order valence-electron chi connectivity index (χ2n) is 6.21. The van der Waals surface area contributed by atoms with Gasteiger partial charge in [0.2, 0.25) is 0 Å². The molecular formula is C18H25N3. The molecule has 3 rings (SSSR count). The quantitative estimate of drug-likeness (QED) is 0.868. The number of imidazole rings is 1. The van der Waals surface area contributed by atoms with Gasteiger partial charge in [-0.3, -0.25) is 0 Å². The van der Waals surface area contributed by atoms with Crippen LogP contribution in [0.3, 0.4) is 0 Å². The normalized spacial score (nSPS) is 16.5. The van der Waals surface area contributed by atoms with Gasteiger partial charge in [0.1, 0.15) is 5.82 Å². The van der Waals surface area contributed by atoms with Crippen molar-refractivity contribution in [3.8, 4) is 0 Å². The lowest BCUT2D eigenvalue weighted by Gasteiger charge is -2.23. The second-order valence-corrected chi connectivity index (χ2v) is 6.21. The molecule has 112 valence electrons. The van der Waals surface area contributed by atoms with Gasteiger partial charge in [-0.15, -0.1) is 0 Å². The molecule has 0 spiro atoms. The van der Waals surface area contributed by atoms with Crippen LogP contribution in [0.4, 0.5) is 0 Å². The van der Waals surface area contributed by atoms with Crippen molar-refractivity contribution in [2.45, 2.75) is 45.6 Å². The van der Waals surface area contributed by atoms with E-state index in [0.717, 1.165) is 31.6 Å². The largest absolute Gasteiger partial charge is 0.324 e. The lowest BCUT2D eigenvalue weighted by atomic mass is 9.97. The number of fused-ring (bicyclic) bond motifs is 1. The molecule has 1 aromatic heterocycles. The zero-order valence-electron chi connectivity index (χ0n) is 13.2. The van der Waals surface area contributed by atoms with Crippen molar-refractivity contribution in [2.24, 2.45) is 0 Å². The summed E-state index contributed by atoms with van der Waals surface area (Å²) in [5.41, 5.74) is 4.94. The summed E-state index contributed by atoms with van der Waals surface area (Å²) in [6, 6.07) is 6.70. The van der Waals surface area contributed by atoms with Gasteiger partial charge in [-0.1, -0.05) is 25.1 Å². The standard InChI is InChI=1S/C18H25N3/c1-4-14-5-6-17-16(11-14)20-18(21(17)12-13(2)3)15-7-9-19-10-8-15/h5-6,11,15,19H,2,4,7-10,12H2,1,3H3. The van der Waals surface area contributed by atoms with E-state index in [2.05, 4.69) is 48.5 Å². The Hall–Kier alpha value is -1.61. The smallest absolute Gasteiger partial charge is 0.113 e. The first kappa shape index (κ1) is 14.3. The maximum Gasteiger partial charge on any atom is 0.113 e. The van der Waals surface area contributed by atoms with E-state index in [1.54, 1.807) is 0 Å². The first-order valence-electron chi connectivity index (χ1n) is 8.03. The van der Waals surface area contributed by atoms with Gasteiger partial charge in [-0.2, -0.15) is 0 Å². The number of rotatable bonds is 4. The number of aryl methyl sites for hydroxylation is 1. The van der Waals surface area contributed by atoms with Crippen molar-refractivity contribution in [3.05, 3.63) is 41.7 Å². The number of aromatic nitrogens is 2. The number of nitrogens with one attached hydrogen (secondary N) is 1. The highest BCUT2D eigenvalue weighted by molar-refractivity contribution is 5.77. The van der Waals surface area contributed by atoms with Gasteiger partial charge in [0.15, 0.2) is 0 Å². The minimum absolute atomic E-state index is 0.572.